The molecule has 3 aromatic heterocycles. The van der Waals surface area contributed by atoms with Gasteiger partial charge >= 0.3 is 5.76 Å². The third-order valence-corrected chi connectivity index (χ3v) is 6.98. The number of pyridine rings is 1. The Morgan fingerprint density at radius 3 is 3.00 bits per heavy atom. The lowest BCUT2D eigenvalue weighted by molar-refractivity contribution is -0.113. The van der Waals surface area contributed by atoms with Crippen LogP contribution in [0.5, 0.6) is 0 Å². The Balaban J connectivity index is 1.13. The number of anilines is 1. The van der Waals surface area contributed by atoms with Crippen LogP contribution in [0, 0.1) is 5.82 Å². The molecule has 0 bridgehead atoms. The van der Waals surface area contributed by atoms with Gasteiger partial charge in [0.2, 0.25) is 11.8 Å². The number of aryl methyl sites for hydroxylation is 1. The van der Waals surface area contributed by atoms with Crippen LogP contribution in [0.3, 0.4) is 0 Å². The van der Waals surface area contributed by atoms with Crippen molar-refractivity contribution in [2.24, 2.45) is 0 Å². The smallest absolute Gasteiger partial charge is 0.392 e. The van der Waals surface area contributed by atoms with Crippen LogP contribution in [0.4, 0.5) is 10.2 Å². The maximum absolute atomic E-state index is 14.6. The molecule has 0 fully saturated rings. The molecule has 6 rings (SSSR count). The van der Waals surface area contributed by atoms with Crippen molar-refractivity contribution >= 4 is 34.5 Å². The summed E-state index contributed by atoms with van der Waals surface area (Å²) in [5.41, 5.74) is 1.26. The summed E-state index contributed by atoms with van der Waals surface area (Å²) in [4.78, 5) is 45.4. The molecule has 0 spiro atoms. The van der Waals surface area contributed by atoms with Gasteiger partial charge in [-0.15, -0.1) is 21.5 Å². The molecule has 0 radical (unpaired) electrons. The van der Waals surface area contributed by atoms with Gasteiger partial charge in [-0.2, -0.15) is 0 Å². The molecule has 0 aliphatic carbocycles. The van der Waals surface area contributed by atoms with Crippen LogP contribution in [0.25, 0.3) is 16.9 Å². The van der Waals surface area contributed by atoms with Gasteiger partial charge in [-0.05, 0) is 37.2 Å². The largest absolute Gasteiger partial charge is 0.443 e. The number of carbonyl (C=O) groups excluding carboxylic acids is 1. The molecule has 178 valence electrons. The molecular formula is C22H18FN7O4S. The summed E-state index contributed by atoms with van der Waals surface area (Å²) in [6.07, 6.45) is 2.16. The molecule has 2 N–H and O–H groups in total. The monoisotopic (exact) mass is 495 g/mol. The molecule has 1 aromatic carbocycles. The Morgan fingerprint density at radius 2 is 2.11 bits per heavy atom. The van der Waals surface area contributed by atoms with Crippen LogP contribution in [-0.2, 0) is 17.8 Å². The molecule has 0 saturated carbocycles. The van der Waals surface area contributed by atoms with E-state index in [-0.39, 0.29) is 35.0 Å². The topological polar surface area (TPSA) is 137 Å². The van der Waals surface area contributed by atoms with Crippen LogP contribution in [0.1, 0.15) is 23.9 Å². The Morgan fingerprint density at radius 1 is 1.23 bits per heavy atom. The second-order valence-corrected chi connectivity index (χ2v) is 9.19. The van der Waals surface area contributed by atoms with E-state index in [2.05, 4.69) is 25.7 Å². The molecule has 0 saturated heterocycles. The summed E-state index contributed by atoms with van der Waals surface area (Å²) in [7, 11) is 0. The SMILES string of the molecule is O=C1CSc2ccc(-n3nc(CCCN[C@@H]4Cn5c(=O)cnc6ccc(F)c4c65)oc3=O)nc2N1. The molecule has 2 aliphatic heterocycles. The van der Waals surface area contributed by atoms with E-state index in [0.29, 0.717) is 54.1 Å². The zero-order valence-electron chi connectivity index (χ0n) is 18.2. The Labute approximate surface area is 200 Å². The molecule has 5 heterocycles. The quantitative estimate of drug-likeness (QED) is 0.380. The summed E-state index contributed by atoms with van der Waals surface area (Å²) in [6, 6.07) is 5.97. The molecule has 2 aliphatic rings. The third-order valence-electron chi connectivity index (χ3n) is 5.93. The fraction of sp³-hybridized carbons (Fsp3) is 0.273. The molecule has 1 amide bonds. The molecule has 4 aromatic rings. The van der Waals surface area contributed by atoms with Crippen LogP contribution in [0.2, 0.25) is 0 Å². The molecule has 13 heteroatoms. The van der Waals surface area contributed by atoms with Crippen molar-refractivity contribution in [3.63, 3.8) is 0 Å². The summed E-state index contributed by atoms with van der Waals surface area (Å²) >= 11 is 1.37. The van der Waals surface area contributed by atoms with Crippen LogP contribution in [0.15, 0.2) is 49.4 Å². The van der Waals surface area contributed by atoms with Crippen LogP contribution < -0.4 is 21.9 Å². The number of carbonyl (C=O) groups is 1. The molecule has 0 unspecified atom stereocenters. The zero-order chi connectivity index (χ0) is 24.1. The van der Waals surface area contributed by atoms with Gasteiger partial charge in [0, 0.05) is 18.5 Å². The lowest BCUT2D eigenvalue weighted by atomic mass is 10.1. The third kappa shape index (κ3) is 3.82. The number of aromatic nitrogens is 5. The fourth-order valence-corrected chi connectivity index (χ4v) is 5.12. The lowest BCUT2D eigenvalue weighted by Crippen LogP contribution is -2.26. The summed E-state index contributed by atoms with van der Waals surface area (Å²) in [5, 5.41) is 10.2. The van der Waals surface area contributed by atoms with Gasteiger partial charge in [0.1, 0.15) is 11.6 Å². The number of halogens is 1. The fourth-order valence-electron chi connectivity index (χ4n) is 4.37. The highest BCUT2D eigenvalue weighted by Gasteiger charge is 2.28. The maximum Gasteiger partial charge on any atom is 0.443 e. The van der Waals surface area contributed by atoms with E-state index >= 15 is 0 Å². The second-order valence-electron chi connectivity index (χ2n) is 8.17. The van der Waals surface area contributed by atoms with Gasteiger partial charge < -0.3 is 19.6 Å². The van der Waals surface area contributed by atoms with Gasteiger partial charge in [-0.25, -0.2) is 19.2 Å². The number of benzene rings is 1. The van der Waals surface area contributed by atoms with Crippen molar-refractivity contribution in [1.29, 1.82) is 0 Å². The summed E-state index contributed by atoms with van der Waals surface area (Å²) in [5.74, 6) is -0.0332. The van der Waals surface area contributed by atoms with E-state index in [1.165, 1.54) is 28.6 Å². The normalized spacial score (nSPS) is 16.5. The van der Waals surface area contributed by atoms with E-state index in [1.807, 2.05) is 0 Å². The van der Waals surface area contributed by atoms with Crippen molar-refractivity contribution in [3.8, 4) is 5.82 Å². The predicted octanol–water partition coefficient (Wildman–Crippen LogP) is 1.39. The van der Waals surface area contributed by atoms with E-state index in [1.54, 1.807) is 18.2 Å². The van der Waals surface area contributed by atoms with Crippen molar-refractivity contribution in [2.75, 3.05) is 17.6 Å². The number of nitrogens with one attached hydrogen (secondary N) is 2. The maximum atomic E-state index is 14.6. The minimum absolute atomic E-state index is 0.157. The van der Waals surface area contributed by atoms with Gasteiger partial charge in [-0.1, -0.05) is 0 Å². The Hall–Kier alpha value is -3.84. The average molecular weight is 495 g/mol. The van der Waals surface area contributed by atoms with E-state index < -0.39 is 5.76 Å². The first-order valence-corrected chi connectivity index (χ1v) is 11.9. The number of fused-ring (bicyclic) bond motifs is 1. The standard InChI is InChI=1S/C22H18FN7O4S/c23-11-3-4-12-20-19(11)13(9-29(20)18(32)8-25-12)24-7-1-2-17-28-30(22(33)34-17)15-6-5-14-21(26-15)27-16(31)10-35-14/h3-6,8,13,24H,1-2,7,9-10H2,(H,26,27,31)/t13-/m1/s1. The molecule has 1 atom stereocenters. The number of hydrogen-bond acceptors (Lipinski definition) is 9. The van der Waals surface area contributed by atoms with Crippen molar-refractivity contribution in [3.05, 3.63) is 68.6 Å². The number of rotatable bonds is 6. The number of nitrogens with zero attached hydrogens (tertiary/aromatic N) is 5. The van der Waals surface area contributed by atoms with Gasteiger partial charge in [0.15, 0.2) is 5.82 Å². The lowest BCUT2D eigenvalue weighted by Gasteiger charge is -2.15. The molecule has 35 heavy (non-hydrogen) atoms. The van der Waals surface area contributed by atoms with E-state index in [9.17, 15) is 18.8 Å². The minimum Gasteiger partial charge on any atom is -0.392 e. The first kappa shape index (κ1) is 21.7. The predicted molar refractivity (Wildman–Crippen MR) is 124 cm³/mol. The number of amides is 1. The second kappa shape index (κ2) is 8.43. The average Bonchev–Trinajstić information content (AvgIpc) is 3.42. The Kier molecular flexibility index (Phi) is 5.22. The number of thioether (sulfide) groups is 1. The van der Waals surface area contributed by atoms with Crippen molar-refractivity contribution in [1.82, 2.24) is 29.6 Å². The highest BCUT2D eigenvalue weighted by Crippen LogP contribution is 2.32. The first-order valence-electron chi connectivity index (χ1n) is 10.9. The summed E-state index contributed by atoms with van der Waals surface area (Å²) < 4.78 is 22.4. The van der Waals surface area contributed by atoms with E-state index in [4.69, 9.17) is 4.42 Å². The van der Waals surface area contributed by atoms with Crippen molar-refractivity contribution in [2.45, 2.75) is 30.3 Å². The molecule has 11 nitrogen and oxygen atoms in total. The first-order chi connectivity index (χ1) is 17.0. The van der Waals surface area contributed by atoms with E-state index in [0.717, 1.165) is 9.58 Å². The van der Waals surface area contributed by atoms with Crippen LogP contribution in [-0.4, -0.2) is 42.5 Å². The van der Waals surface area contributed by atoms with Gasteiger partial charge in [0.05, 0.1) is 33.9 Å². The van der Waals surface area contributed by atoms with Crippen LogP contribution >= 0.6 is 11.8 Å². The zero-order valence-corrected chi connectivity index (χ0v) is 19.0. The van der Waals surface area contributed by atoms with Gasteiger partial charge in [0.25, 0.3) is 5.56 Å². The minimum atomic E-state index is -0.679. The van der Waals surface area contributed by atoms with Crippen molar-refractivity contribution < 1.29 is 13.6 Å². The highest BCUT2D eigenvalue weighted by molar-refractivity contribution is 8.00. The molecular weight excluding hydrogens is 477 g/mol. The number of hydrogen-bond donors (Lipinski definition) is 2. The Bertz CT molecular complexity index is 1610. The van der Waals surface area contributed by atoms with Gasteiger partial charge in [-0.3, -0.25) is 9.59 Å². The summed E-state index contributed by atoms with van der Waals surface area (Å²) in [6.45, 7) is 0.796. The highest BCUT2D eigenvalue weighted by atomic mass is 32.2.